The highest BCUT2D eigenvalue weighted by Crippen LogP contribution is 2.63. The van der Waals surface area contributed by atoms with Gasteiger partial charge < -0.3 is 4.55 Å². The maximum atomic E-state index is 11.0. The van der Waals surface area contributed by atoms with Crippen molar-refractivity contribution in [3.05, 3.63) is 0 Å². The predicted octanol–water partition coefficient (Wildman–Crippen LogP) is 1.91. The van der Waals surface area contributed by atoms with Crippen LogP contribution >= 0.6 is 6.46 Å². The van der Waals surface area contributed by atoms with E-state index in [4.69, 9.17) is 0 Å². The van der Waals surface area contributed by atoms with Crippen LogP contribution in [0.1, 0.15) is 27.2 Å². The van der Waals surface area contributed by atoms with Crippen LogP contribution in [0.2, 0.25) is 0 Å². The molecule has 0 rings (SSSR count). The van der Waals surface area contributed by atoms with Gasteiger partial charge in [-0.3, -0.25) is 0 Å². The molecule has 0 atom stereocenters. The lowest BCUT2D eigenvalue weighted by Crippen LogP contribution is -2.14. The summed E-state index contributed by atoms with van der Waals surface area (Å²) in [6.45, 7) is 3.31. The van der Waals surface area contributed by atoms with E-state index in [2.05, 4.69) is 0 Å². The van der Waals surface area contributed by atoms with Crippen molar-refractivity contribution in [2.45, 2.75) is 27.2 Å². The summed E-state index contributed by atoms with van der Waals surface area (Å²) in [4.78, 5) is 0. The van der Waals surface area contributed by atoms with Gasteiger partial charge in [-0.1, -0.05) is 6.92 Å². The second-order valence-electron chi connectivity index (χ2n) is 2.84. The Bertz CT molecular complexity index is 219. The third-order valence-corrected chi connectivity index (χ3v) is 11.7. The van der Waals surface area contributed by atoms with Gasteiger partial charge >= 0.3 is 0 Å². The second-order valence-corrected chi connectivity index (χ2v) is 11.2. The molecule has 0 aromatic rings. The highest BCUT2D eigenvalue weighted by Gasteiger charge is 2.40. The van der Waals surface area contributed by atoms with Crippen molar-refractivity contribution in [2.24, 2.45) is 0 Å². The van der Waals surface area contributed by atoms with Crippen LogP contribution in [0.25, 0.3) is 0 Å². The van der Waals surface area contributed by atoms with Gasteiger partial charge in [0, 0.05) is 0 Å². The second kappa shape index (κ2) is 4.54. The van der Waals surface area contributed by atoms with Crippen LogP contribution < -0.4 is 0 Å². The normalized spacial score (nSPS) is 13.3. The third kappa shape index (κ3) is 2.41. The summed E-state index contributed by atoms with van der Waals surface area (Å²) in [6, 6.07) is 0. The molecule has 3 nitrogen and oxygen atoms in total. The maximum Gasteiger partial charge on any atom is 0.212 e. The van der Waals surface area contributed by atoms with E-state index in [1.165, 1.54) is 0 Å². The minimum absolute atomic E-state index is 0.531. The lowest BCUT2D eigenvalue weighted by molar-refractivity contribution is 0.480. The van der Waals surface area contributed by atoms with E-state index in [1.807, 2.05) is 20.8 Å². The van der Waals surface area contributed by atoms with E-state index >= 15 is 0 Å². The Balaban J connectivity index is 4.83. The molecule has 12 heavy (non-hydrogen) atoms. The molecule has 0 aliphatic rings. The molecule has 0 saturated carbocycles. The van der Waals surface area contributed by atoms with E-state index in [9.17, 15) is 13.0 Å². The van der Waals surface area contributed by atoms with Crippen LogP contribution in [0, 0.1) is 0 Å². The minimum atomic E-state index is -4.03. The smallest absolute Gasteiger partial charge is 0.212 e. The molecule has 5 heteroatoms. The van der Waals surface area contributed by atoms with Crippen LogP contribution in [0.3, 0.4) is 0 Å². The van der Waals surface area contributed by atoms with Gasteiger partial charge in [0.2, 0.25) is 9.74 Å². The van der Waals surface area contributed by atoms with Gasteiger partial charge in [0.1, 0.15) is 6.46 Å². The van der Waals surface area contributed by atoms with Gasteiger partial charge in [0.05, 0.1) is 18.5 Å². The fraction of sp³-hybridized carbons (Fsp3) is 1.00. The van der Waals surface area contributed by atoms with E-state index < -0.39 is 16.2 Å². The summed E-state index contributed by atoms with van der Waals surface area (Å²) in [5, 5.41) is 0. The van der Waals surface area contributed by atoms with Gasteiger partial charge in [-0.25, -0.2) is 8.42 Å². The Kier molecular flexibility index (Phi) is 4.67. The van der Waals surface area contributed by atoms with Crippen molar-refractivity contribution in [2.75, 3.05) is 18.5 Å². The van der Waals surface area contributed by atoms with E-state index in [1.54, 1.807) is 0 Å². The molecule has 0 spiro atoms. The van der Waals surface area contributed by atoms with E-state index in [-0.39, 0.29) is 0 Å². The predicted molar refractivity (Wildman–Crippen MR) is 52.9 cm³/mol. The lowest BCUT2D eigenvalue weighted by Gasteiger charge is -2.26. The van der Waals surface area contributed by atoms with Crippen molar-refractivity contribution in [1.29, 1.82) is 0 Å². The molecule has 0 bridgehead atoms. The summed E-state index contributed by atoms with van der Waals surface area (Å²) in [5.41, 5.74) is 0. The van der Waals surface area contributed by atoms with Crippen LogP contribution in [-0.4, -0.2) is 31.5 Å². The van der Waals surface area contributed by atoms with Crippen molar-refractivity contribution >= 4 is 16.2 Å². The first kappa shape index (κ1) is 12.3. The van der Waals surface area contributed by atoms with E-state index in [0.29, 0.717) is 18.5 Å². The Morgan fingerprint density at radius 3 is 1.67 bits per heavy atom. The molecule has 74 valence electrons. The summed E-state index contributed by atoms with van der Waals surface area (Å²) >= 11 is 0. The quantitative estimate of drug-likeness (QED) is 0.516. The molecule has 0 aromatic heterocycles. The summed E-state index contributed by atoms with van der Waals surface area (Å²) in [5.74, 6) is 0. The Morgan fingerprint density at radius 2 is 1.58 bits per heavy atom. The van der Waals surface area contributed by atoms with Crippen molar-refractivity contribution in [1.82, 2.24) is 0 Å². The maximum absolute atomic E-state index is 11.0. The van der Waals surface area contributed by atoms with Crippen LogP contribution in [-0.2, 0) is 9.74 Å². The molecule has 0 fully saturated rings. The monoisotopic (exact) mass is 212 g/mol. The first-order chi connectivity index (χ1) is 5.43. The zero-order valence-electron chi connectivity index (χ0n) is 7.91. The highest BCUT2D eigenvalue weighted by atomic mass is 32.8. The molecule has 0 heterocycles. The molecule has 0 saturated heterocycles. The van der Waals surface area contributed by atoms with Crippen molar-refractivity contribution in [3.8, 4) is 0 Å². The average Bonchev–Trinajstić information content (AvgIpc) is 1.98. The Morgan fingerprint density at radius 1 is 1.17 bits per heavy atom. The zero-order chi connectivity index (χ0) is 9.83. The summed E-state index contributed by atoms with van der Waals surface area (Å²) in [6.07, 6.45) is 2.44. The summed E-state index contributed by atoms with van der Waals surface area (Å²) < 4.78 is 33.0. The molecular formula is C7H17O3PS. The zero-order valence-corrected chi connectivity index (χ0v) is 9.62. The Hall–Kier alpha value is 0.340. The van der Waals surface area contributed by atoms with E-state index in [0.717, 1.165) is 6.42 Å². The van der Waals surface area contributed by atoms with Gasteiger partial charge in [-0.15, -0.1) is 0 Å². The number of rotatable bonds is 5. The SMILES string of the molecule is CCC[P+](CC)(CC)S(=O)(=O)[O-]. The molecule has 0 amide bonds. The van der Waals surface area contributed by atoms with Gasteiger partial charge in [-0.2, -0.15) is 0 Å². The molecular weight excluding hydrogens is 195 g/mol. The third-order valence-electron chi connectivity index (χ3n) is 2.26. The first-order valence-electron chi connectivity index (χ1n) is 4.25. The van der Waals surface area contributed by atoms with Crippen LogP contribution in [0.15, 0.2) is 0 Å². The van der Waals surface area contributed by atoms with Crippen molar-refractivity contribution in [3.63, 3.8) is 0 Å². The van der Waals surface area contributed by atoms with Crippen LogP contribution in [0.5, 0.6) is 0 Å². The molecule has 0 aliphatic heterocycles. The number of hydrogen-bond acceptors (Lipinski definition) is 3. The molecule has 0 N–H and O–H groups in total. The molecule has 0 aromatic carbocycles. The molecule has 0 unspecified atom stereocenters. The number of hydrogen-bond donors (Lipinski definition) is 0. The standard InChI is InChI=1S/C7H17O3PS/c1-4-7-11(5-2,6-3)12(8,9)10/h4-7H2,1-3H3. The van der Waals surface area contributed by atoms with Crippen LogP contribution in [0.4, 0.5) is 0 Å². The largest absolute Gasteiger partial charge is 0.717 e. The Labute approximate surface area is 75.4 Å². The molecule has 0 aliphatic carbocycles. The first-order valence-corrected chi connectivity index (χ1v) is 8.61. The fourth-order valence-corrected chi connectivity index (χ4v) is 7.24. The fourth-order valence-electron chi connectivity index (χ4n) is 1.38. The topological polar surface area (TPSA) is 57.2 Å². The lowest BCUT2D eigenvalue weighted by atomic mass is 10.6. The molecule has 0 radical (unpaired) electrons. The van der Waals surface area contributed by atoms with Gasteiger partial charge in [0.25, 0.3) is 0 Å². The van der Waals surface area contributed by atoms with Gasteiger partial charge in [-0.05, 0) is 20.3 Å². The highest BCUT2D eigenvalue weighted by molar-refractivity contribution is 8.54. The average molecular weight is 212 g/mol. The minimum Gasteiger partial charge on any atom is -0.717 e. The summed E-state index contributed by atoms with van der Waals surface area (Å²) in [7, 11) is -4.03. The van der Waals surface area contributed by atoms with Crippen molar-refractivity contribution < 1.29 is 13.0 Å². The van der Waals surface area contributed by atoms with Gasteiger partial charge in [0.15, 0.2) is 0 Å².